The molecule has 124 valence electrons. The van der Waals surface area contributed by atoms with Gasteiger partial charge in [-0.2, -0.15) is 0 Å². The Kier molecular flexibility index (Phi) is 6.10. The molecular formula is C18H17NO5. The maximum atomic E-state index is 12.2. The summed E-state index contributed by atoms with van der Waals surface area (Å²) in [6.07, 6.45) is 1.43. The van der Waals surface area contributed by atoms with Crippen molar-refractivity contribution in [2.45, 2.75) is 0 Å². The number of hydrogen-bond acceptors (Lipinski definition) is 5. The molecule has 0 spiro atoms. The van der Waals surface area contributed by atoms with Crippen LogP contribution in [0, 0.1) is 0 Å². The molecule has 6 nitrogen and oxygen atoms in total. The minimum absolute atomic E-state index is 0.0667. The van der Waals surface area contributed by atoms with Crippen molar-refractivity contribution in [2.24, 2.45) is 0 Å². The van der Waals surface area contributed by atoms with Crippen molar-refractivity contribution in [2.75, 3.05) is 13.2 Å². The van der Waals surface area contributed by atoms with E-state index >= 15 is 0 Å². The predicted molar refractivity (Wildman–Crippen MR) is 88.0 cm³/mol. The summed E-state index contributed by atoms with van der Waals surface area (Å²) in [5.41, 5.74) is 0.921. The summed E-state index contributed by atoms with van der Waals surface area (Å²) < 4.78 is 4.86. The fourth-order valence-corrected chi connectivity index (χ4v) is 1.88. The number of esters is 1. The number of hydrogen-bond donors (Lipinski definition) is 3. The van der Waals surface area contributed by atoms with Crippen LogP contribution in [-0.4, -0.2) is 35.3 Å². The minimum Gasteiger partial charge on any atom is -0.508 e. The largest absolute Gasteiger partial charge is 0.508 e. The lowest BCUT2D eigenvalue weighted by Gasteiger charge is -2.10. The van der Waals surface area contributed by atoms with Crippen LogP contribution in [-0.2, 0) is 9.53 Å². The number of nitrogens with one attached hydrogen (secondary N) is 1. The van der Waals surface area contributed by atoms with Crippen molar-refractivity contribution in [1.29, 1.82) is 0 Å². The van der Waals surface area contributed by atoms with Crippen molar-refractivity contribution in [3.63, 3.8) is 0 Å². The molecule has 0 heterocycles. The van der Waals surface area contributed by atoms with E-state index in [2.05, 4.69) is 5.32 Å². The molecule has 0 aliphatic rings. The second kappa shape index (κ2) is 8.50. The molecule has 6 heteroatoms. The number of phenols is 1. The van der Waals surface area contributed by atoms with Gasteiger partial charge in [0, 0.05) is 5.56 Å². The Hall–Kier alpha value is -3.12. The number of aromatic hydroxyl groups is 1. The number of carbonyl (C=O) groups is 2. The SMILES string of the molecule is O=C(OCCO)/C(=C/c1ccc(O)cc1)NC(=O)c1ccccc1. The highest BCUT2D eigenvalue weighted by atomic mass is 16.5. The van der Waals surface area contributed by atoms with E-state index in [0.717, 1.165) is 0 Å². The van der Waals surface area contributed by atoms with Gasteiger partial charge in [-0.25, -0.2) is 4.79 Å². The van der Waals surface area contributed by atoms with E-state index in [1.807, 2.05) is 0 Å². The van der Waals surface area contributed by atoms with Gasteiger partial charge < -0.3 is 20.3 Å². The van der Waals surface area contributed by atoms with Gasteiger partial charge in [-0.05, 0) is 35.9 Å². The molecule has 0 saturated carbocycles. The van der Waals surface area contributed by atoms with E-state index in [1.54, 1.807) is 42.5 Å². The zero-order valence-electron chi connectivity index (χ0n) is 12.8. The van der Waals surface area contributed by atoms with Gasteiger partial charge in [0.15, 0.2) is 0 Å². The van der Waals surface area contributed by atoms with Crippen molar-refractivity contribution < 1.29 is 24.5 Å². The fraction of sp³-hybridized carbons (Fsp3) is 0.111. The number of phenolic OH excluding ortho intramolecular Hbond substituents is 1. The van der Waals surface area contributed by atoms with Crippen LogP contribution in [0.2, 0.25) is 0 Å². The van der Waals surface area contributed by atoms with Crippen LogP contribution in [0.3, 0.4) is 0 Å². The summed E-state index contributed by atoms with van der Waals surface area (Å²) in [6.45, 7) is -0.488. The second-order valence-corrected chi connectivity index (χ2v) is 4.83. The highest BCUT2D eigenvalue weighted by Crippen LogP contribution is 2.13. The number of amides is 1. The third-order valence-corrected chi connectivity index (χ3v) is 3.03. The summed E-state index contributed by atoms with van der Waals surface area (Å²) >= 11 is 0. The van der Waals surface area contributed by atoms with Crippen molar-refractivity contribution in [3.8, 4) is 5.75 Å². The maximum Gasteiger partial charge on any atom is 0.354 e. The minimum atomic E-state index is -0.763. The third kappa shape index (κ3) is 4.96. The summed E-state index contributed by atoms with van der Waals surface area (Å²) in [6, 6.07) is 14.5. The predicted octanol–water partition coefficient (Wildman–Crippen LogP) is 1.70. The Morgan fingerprint density at radius 1 is 1.04 bits per heavy atom. The first-order chi connectivity index (χ1) is 11.6. The molecule has 2 aromatic rings. The Morgan fingerprint density at radius 2 is 1.71 bits per heavy atom. The first kappa shape index (κ1) is 17.2. The van der Waals surface area contributed by atoms with Crippen LogP contribution >= 0.6 is 0 Å². The summed E-state index contributed by atoms with van der Waals surface area (Å²) in [7, 11) is 0. The van der Waals surface area contributed by atoms with Crippen LogP contribution < -0.4 is 5.32 Å². The normalized spacial score (nSPS) is 11.0. The number of aliphatic hydroxyl groups is 1. The maximum absolute atomic E-state index is 12.2. The van der Waals surface area contributed by atoms with Gasteiger partial charge in [0.05, 0.1) is 6.61 Å². The lowest BCUT2D eigenvalue weighted by Crippen LogP contribution is -2.29. The van der Waals surface area contributed by atoms with E-state index in [4.69, 9.17) is 9.84 Å². The van der Waals surface area contributed by atoms with Crippen LogP contribution in [0.1, 0.15) is 15.9 Å². The first-order valence-electron chi connectivity index (χ1n) is 7.25. The molecule has 2 aromatic carbocycles. The second-order valence-electron chi connectivity index (χ2n) is 4.83. The highest BCUT2D eigenvalue weighted by Gasteiger charge is 2.15. The summed E-state index contributed by atoms with van der Waals surface area (Å²) in [4.78, 5) is 24.3. The van der Waals surface area contributed by atoms with Gasteiger partial charge >= 0.3 is 5.97 Å². The molecule has 0 fully saturated rings. The molecule has 24 heavy (non-hydrogen) atoms. The lowest BCUT2D eigenvalue weighted by atomic mass is 10.1. The molecule has 0 aliphatic heterocycles. The monoisotopic (exact) mass is 327 g/mol. The van der Waals surface area contributed by atoms with Crippen molar-refractivity contribution in [3.05, 3.63) is 71.4 Å². The number of ether oxygens (including phenoxy) is 1. The smallest absolute Gasteiger partial charge is 0.354 e. The van der Waals surface area contributed by atoms with Crippen LogP contribution in [0.5, 0.6) is 5.75 Å². The summed E-state index contributed by atoms with van der Waals surface area (Å²) in [5, 5.41) is 20.6. The molecule has 0 aromatic heterocycles. The fourth-order valence-electron chi connectivity index (χ4n) is 1.88. The average molecular weight is 327 g/mol. The van der Waals surface area contributed by atoms with Gasteiger partial charge in [0.1, 0.15) is 18.1 Å². The number of aliphatic hydroxyl groups excluding tert-OH is 1. The molecule has 3 N–H and O–H groups in total. The van der Waals surface area contributed by atoms with E-state index in [9.17, 15) is 14.7 Å². The first-order valence-corrected chi connectivity index (χ1v) is 7.25. The van der Waals surface area contributed by atoms with E-state index < -0.39 is 11.9 Å². The number of carbonyl (C=O) groups excluding carboxylic acids is 2. The molecule has 1 amide bonds. The number of rotatable bonds is 6. The molecule has 0 bridgehead atoms. The van der Waals surface area contributed by atoms with Gasteiger partial charge in [-0.15, -0.1) is 0 Å². The van der Waals surface area contributed by atoms with Gasteiger partial charge in [0.2, 0.25) is 0 Å². The molecule has 2 rings (SSSR count). The Morgan fingerprint density at radius 3 is 2.33 bits per heavy atom. The van der Waals surface area contributed by atoms with Crippen LogP contribution in [0.25, 0.3) is 6.08 Å². The van der Waals surface area contributed by atoms with Crippen LogP contribution in [0.15, 0.2) is 60.3 Å². The molecule has 0 aliphatic carbocycles. The van der Waals surface area contributed by atoms with E-state index in [1.165, 1.54) is 18.2 Å². The van der Waals surface area contributed by atoms with Gasteiger partial charge in [-0.3, -0.25) is 4.79 Å². The van der Waals surface area contributed by atoms with Crippen LogP contribution in [0.4, 0.5) is 0 Å². The van der Waals surface area contributed by atoms with E-state index in [-0.39, 0.29) is 24.7 Å². The van der Waals surface area contributed by atoms with Crippen molar-refractivity contribution >= 4 is 18.0 Å². The molecular weight excluding hydrogens is 310 g/mol. The standard InChI is InChI=1S/C18H17NO5/c20-10-11-24-18(23)16(12-13-6-8-15(21)9-7-13)19-17(22)14-4-2-1-3-5-14/h1-9,12,20-21H,10-11H2,(H,19,22)/b16-12-. The lowest BCUT2D eigenvalue weighted by molar-refractivity contribution is -0.140. The average Bonchev–Trinajstić information content (AvgIpc) is 2.61. The Labute approximate surface area is 139 Å². The number of benzene rings is 2. The molecule has 0 atom stereocenters. The Bertz CT molecular complexity index is 723. The van der Waals surface area contributed by atoms with Gasteiger partial charge in [-0.1, -0.05) is 30.3 Å². The van der Waals surface area contributed by atoms with Crippen molar-refractivity contribution in [1.82, 2.24) is 5.32 Å². The molecule has 0 unspecified atom stereocenters. The quantitative estimate of drug-likeness (QED) is 0.554. The molecule has 0 radical (unpaired) electrons. The zero-order chi connectivity index (χ0) is 17.4. The molecule has 0 saturated heterocycles. The van der Waals surface area contributed by atoms with E-state index in [0.29, 0.717) is 11.1 Å². The third-order valence-electron chi connectivity index (χ3n) is 3.03. The Balaban J connectivity index is 2.23. The zero-order valence-corrected chi connectivity index (χ0v) is 12.8. The highest BCUT2D eigenvalue weighted by molar-refractivity contribution is 6.03. The summed E-state index contributed by atoms with van der Waals surface area (Å²) in [5.74, 6) is -1.13. The topological polar surface area (TPSA) is 95.9 Å². The van der Waals surface area contributed by atoms with Gasteiger partial charge in [0.25, 0.3) is 5.91 Å².